The number of pyridine rings is 1. The molecule has 2 unspecified atom stereocenters. The molecule has 4 heteroatoms. The van der Waals surface area contributed by atoms with Gasteiger partial charge in [-0.2, -0.15) is 0 Å². The maximum absolute atomic E-state index is 9.74. The Balaban J connectivity index is 1.99. The van der Waals surface area contributed by atoms with E-state index in [1.807, 2.05) is 42.6 Å². The summed E-state index contributed by atoms with van der Waals surface area (Å²) in [5.41, 5.74) is 2.14. The molecule has 2 atom stereocenters. The van der Waals surface area contributed by atoms with E-state index in [0.29, 0.717) is 5.92 Å². The van der Waals surface area contributed by atoms with Gasteiger partial charge in [-0.05, 0) is 48.4 Å². The van der Waals surface area contributed by atoms with E-state index in [9.17, 15) is 5.11 Å². The van der Waals surface area contributed by atoms with E-state index in [1.54, 1.807) is 0 Å². The Morgan fingerprint density at radius 1 is 1.12 bits per heavy atom. The number of nitrogens with zero attached hydrogens (tertiary/aromatic N) is 1. The first-order valence-corrected chi connectivity index (χ1v) is 8.96. The maximum atomic E-state index is 9.74. The van der Waals surface area contributed by atoms with E-state index in [-0.39, 0.29) is 18.6 Å². The van der Waals surface area contributed by atoms with Crippen LogP contribution in [0.15, 0.2) is 48.7 Å². The third-order valence-electron chi connectivity index (χ3n) is 4.13. The van der Waals surface area contributed by atoms with Gasteiger partial charge in [0.1, 0.15) is 0 Å². The van der Waals surface area contributed by atoms with Gasteiger partial charge in [0.05, 0.1) is 5.69 Å². The van der Waals surface area contributed by atoms with Crippen LogP contribution in [0.1, 0.15) is 37.6 Å². The highest BCUT2D eigenvalue weighted by Crippen LogP contribution is 2.22. The molecule has 0 aliphatic carbocycles. The molecule has 130 valence electrons. The van der Waals surface area contributed by atoms with Gasteiger partial charge in [0.25, 0.3) is 0 Å². The topological polar surface area (TPSA) is 45.1 Å². The number of benzene rings is 1. The van der Waals surface area contributed by atoms with Gasteiger partial charge < -0.3 is 10.4 Å². The zero-order chi connectivity index (χ0) is 17.4. The number of halogens is 1. The van der Waals surface area contributed by atoms with E-state index in [1.165, 1.54) is 0 Å². The van der Waals surface area contributed by atoms with Crippen LogP contribution < -0.4 is 5.32 Å². The molecular weight excluding hydrogens is 320 g/mol. The van der Waals surface area contributed by atoms with Crippen LogP contribution in [0.4, 0.5) is 0 Å². The lowest BCUT2D eigenvalue weighted by atomic mass is 9.97. The number of aliphatic hydroxyl groups is 1. The van der Waals surface area contributed by atoms with E-state index in [2.05, 4.69) is 30.2 Å². The molecule has 2 N–H and O–H groups in total. The highest BCUT2D eigenvalue weighted by Gasteiger charge is 2.17. The molecule has 3 nitrogen and oxygen atoms in total. The van der Waals surface area contributed by atoms with Gasteiger partial charge in [-0.1, -0.05) is 49.7 Å². The third-order valence-corrected chi connectivity index (χ3v) is 4.50. The molecule has 24 heavy (non-hydrogen) atoms. The van der Waals surface area contributed by atoms with Crippen molar-refractivity contribution >= 4 is 11.6 Å². The van der Waals surface area contributed by atoms with Crippen molar-refractivity contribution in [1.29, 1.82) is 0 Å². The molecule has 1 heterocycles. The molecule has 0 aliphatic heterocycles. The Morgan fingerprint density at radius 2 is 1.88 bits per heavy atom. The summed E-state index contributed by atoms with van der Waals surface area (Å²) in [5, 5.41) is 14.1. The lowest BCUT2D eigenvalue weighted by Gasteiger charge is -2.23. The van der Waals surface area contributed by atoms with Crippen LogP contribution >= 0.6 is 11.6 Å². The number of hydrogen-bond acceptors (Lipinski definition) is 3. The molecule has 0 amide bonds. The smallest absolute Gasteiger partial charge is 0.0573 e. The first-order chi connectivity index (χ1) is 11.6. The summed E-state index contributed by atoms with van der Waals surface area (Å²) in [6.45, 7) is 5.29. The number of aliphatic hydroxyl groups excluding tert-OH is 1. The van der Waals surface area contributed by atoms with Gasteiger partial charge in [0.15, 0.2) is 0 Å². The number of nitrogens with one attached hydrogen (secondary N) is 1. The van der Waals surface area contributed by atoms with E-state index < -0.39 is 0 Å². The SMILES string of the molecule is CC(C)CC(NCC(CO)Cc1ccccc1Cl)c1ccccn1. The lowest BCUT2D eigenvalue weighted by Crippen LogP contribution is -2.31. The molecule has 0 bridgehead atoms. The van der Waals surface area contributed by atoms with Gasteiger partial charge in [-0.15, -0.1) is 0 Å². The summed E-state index contributed by atoms with van der Waals surface area (Å²) in [5.74, 6) is 0.698. The summed E-state index contributed by atoms with van der Waals surface area (Å²) < 4.78 is 0. The average Bonchev–Trinajstić information content (AvgIpc) is 2.59. The minimum Gasteiger partial charge on any atom is -0.396 e. The second-order valence-electron chi connectivity index (χ2n) is 6.69. The lowest BCUT2D eigenvalue weighted by molar-refractivity contribution is 0.215. The van der Waals surface area contributed by atoms with Crippen molar-refractivity contribution in [2.45, 2.75) is 32.7 Å². The summed E-state index contributed by atoms with van der Waals surface area (Å²) in [6.07, 6.45) is 3.61. The van der Waals surface area contributed by atoms with Crippen molar-refractivity contribution in [3.8, 4) is 0 Å². The molecule has 1 aromatic carbocycles. The van der Waals surface area contributed by atoms with Gasteiger partial charge in [0, 0.05) is 30.4 Å². The third kappa shape index (κ3) is 5.90. The van der Waals surface area contributed by atoms with Crippen LogP contribution in [0.25, 0.3) is 0 Å². The van der Waals surface area contributed by atoms with Crippen molar-refractivity contribution in [1.82, 2.24) is 10.3 Å². The van der Waals surface area contributed by atoms with Crippen LogP contribution in [0.3, 0.4) is 0 Å². The van der Waals surface area contributed by atoms with Crippen LogP contribution in [0, 0.1) is 11.8 Å². The Hall–Kier alpha value is -1.42. The van der Waals surface area contributed by atoms with Crippen LogP contribution in [0.2, 0.25) is 5.02 Å². The molecule has 0 fully saturated rings. The van der Waals surface area contributed by atoms with Crippen LogP contribution in [0.5, 0.6) is 0 Å². The minimum absolute atomic E-state index is 0.128. The summed E-state index contributed by atoms with van der Waals surface area (Å²) >= 11 is 6.24. The molecular formula is C20H27ClN2O. The summed E-state index contributed by atoms with van der Waals surface area (Å²) in [6, 6.07) is 14.0. The standard InChI is InChI=1S/C20H27ClN2O/c1-15(2)11-20(19-9-5-6-10-22-19)23-13-16(14-24)12-17-7-3-4-8-18(17)21/h3-10,15-16,20,23-24H,11-14H2,1-2H3. The fourth-order valence-electron chi connectivity index (χ4n) is 2.85. The van der Waals surface area contributed by atoms with Gasteiger partial charge in [0.2, 0.25) is 0 Å². The van der Waals surface area contributed by atoms with Gasteiger partial charge in [-0.25, -0.2) is 0 Å². The summed E-state index contributed by atoms with van der Waals surface area (Å²) in [7, 11) is 0. The van der Waals surface area contributed by atoms with E-state index >= 15 is 0 Å². The Kier molecular flexibility index (Phi) is 7.70. The maximum Gasteiger partial charge on any atom is 0.0573 e. The fraction of sp³-hybridized carbons (Fsp3) is 0.450. The van der Waals surface area contributed by atoms with E-state index in [4.69, 9.17) is 11.6 Å². The molecule has 2 aromatic rings. The normalized spacial score (nSPS) is 13.9. The number of rotatable bonds is 9. The van der Waals surface area contributed by atoms with Gasteiger partial charge in [-0.3, -0.25) is 4.98 Å². The second kappa shape index (κ2) is 9.77. The van der Waals surface area contributed by atoms with Crippen LogP contribution in [-0.4, -0.2) is 23.2 Å². The van der Waals surface area contributed by atoms with Gasteiger partial charge >= 0.3 is 0 Å². The quantitative estimate of drug-likeness (QED) is 0.713. The zero-order valence-corrected chi connectivity index (χ0v) is 15.2. The van der Waals surface area contributed by atoms with Crippen molar-refractivity contribution < 1.29 is 5.11 Å². The predicted octanol–water partition coefficient (Wildman–Crippen LogP) is 4.26. The van der Waals surface area contributed by atoms with Crippen molar-refractivity contribution in [2.24, 2.45) is 11.8 Å². The van der Waals surface area contributed by atoms with Crippen molar-refractivity contribution in [2.75, 3.05) is 13.2 Å². The van der Waals surface area contributed by atoms with Crippen molar-refractivity contribution in [3.05, 3.63) is 64.9 Å². The average molecular weight is 347 g/mol. The molecule has 0 saturated heterocycles. The molecule has 0 saturated carbocycles. The minimum atomic E-state index is 0.128. The van der Waals surface area contributed by atoms with E-state index in [0.717, 1.165) is 35.7 Å². The molecule has 0 spiro atoms. The first-order valence-electron chi connectivity index (χ1n) is 8.58. The second-order valence-corrected chi connectivity index (χ2v) is 7.10. The largest absolute Gasteiger partial charge is 0.396 e. The molecule has 2 rings (SSSR count). The zero-order valence-electron chi connectivity index (χ0n) is 14.5. The van der Waals surface area contributed by atoms with Crippen molar-refractivity contribution in [3.63, 3.8) is 0 Å². The highest BCUT2D eigenvalue weighted by atomic mass is 35.5. The monoisotopic (exact) mass is 346 g/mol. The number of hydrogen-bond donors (Lipinski definition) is 2. The molecule has 0 radical (unpaired) electrons. The Morgan fingerprint density at radius 3 is 2.50 bits per heavy atom. The molecule has 1 aromatic heterocycles. The Bertz CT molecular complexity index is 604. The summed E-state index contributed by atoms with van der Waals surface area (Å²) in [4.78, 5) is 4.49. The van der Waals surface area contributed by atoms with Crippen LogP contribution in [-0.2, 0) is 6.42 Å². The first kappa shape index (κ1) is 18.9. The molecule has 0 aliphatic rings. The fourth-order valence-corrected chi connectivity index (χ4v) is 3.06. The highest BCUT2D eigenvalue weighted by molar-refractivity contribution is 6.31. The number of aromatic nitrogens is 1. The predicted molar refractivity (Wildman–Crippen MR) is 100 cm³/mol. The Labute approximate surface area is 150 Å².